The summed E-state index contributed by atoms with van der Waals surface area (Å²) in [5.74, 6) is -5.31. The number of allylic oxidation sites excluding steroid dienone is 1. The van der Waals surface area contributed by atoms with Gasteiger partial charge in [-0.25, -0.2) is 0 Å². The van der Waals surface area contributed by atoms with Gasteiger partial charge in [-0.15, -0.1) is 0 Å². The molecule has 1 aliphatic carbocycles. The molecule has 1 atom stereocenters. The molecule has 0 amide bonds. The summed E-state index contributed by atoms with van der Waals surface area (Å²) in [6, 6.07) is 7.29. The molecule has 13 heteroatoms. The molecular formula is C16H15NaO10S2. The van der Waals surface area contributed by atoms with Gasteiger partial charge >= 0.3 is 35.5 Å². The molecule has 1 aliphatic rings. The predicted molar refractivity (Wildman–Crippen MR) is 95.3 cm³/mol. The van der Waals surface area contributed by atoms with Gasteiger partial charge in [0.15, 0.2) is 0 Å². The third-order valence-corrected chi connectivity index (χ3v) is 5.64. The molecular weight excluding hydrogens is 439 g/mol. The smallest absolute Gasteiger partial charge is 0.479 e. The molecule has 152 valence electrons. The Bertz CT molecular complexity index is 1070. The Hall–Kier alpha value is -1.67. The molecule has 29 heavy (non-hydrogen) atoms. The number of benzene rings is 1. The number of esters is 2. The van der Waals surface area contributed by atoms with Crippen LogP contribution in [0.5, 0.6) is 0 Å². The summed E-state index contributed by atoms with van der Waals surface area (Å²) < 4.78 is 75.7. The molecule has 0 saturated heterocycles. The van der Waals surface area contributed by atoms with Crippen molar-refractivity contribution in [1.82, 2.24) is 0 Å². The van der Waals surface area contributed by atoms with Crippen LogP contribution in [0.4, 0.5) is 0 Å². The van der Waals surface area contributed by atoms with Crippen LogP contribution in [0.3, 0.4) is 0 Å². The summed E-state index contributed by atoms with van der Waals surface area (Å²) in [5.41, 5.74) is -0.333. The number of ether oxygens (including phenoxy) is 2. The molecule has 0 aliphatic heterocycles. The van der Waals surface area contributed by atoms with Crippen molar-refractivity contribution in [3.05, 3.63) is 57.7 Å². The number of carbonyl (C=O) groups is 2. The molecule has 0 spiro atoms. The van der Waals surface area contributed by atoms with Crippen LogP contribution in [0.15, 0.2) is 46.2 Å². The fraction of sp³-hybridized carbons (Fsp3) is 0.188. The van der Waals surface area contributed by atoms with E-state index in [-0.39, 0.29) is 35.1 Å². The van der Waals surface area contributed by atoms with Crippen molar-refractivity contribution in [1.29, 1.82) is 0 Å². The fourth-order valence-corrected chi connectivity index (χ4v) is 4.34. The second-order valence-electron chi connectivity index (χ2n) is 5.46. The van der Waals surface area contributed by atoms with Gasteiger partial charge in [0.1, 0.15) is 0 Å². The average molecular weight is 454 g/mol. The second-order valence-corrected chi connectivity index (χ2v) is 8.24. The first kappa shape index (κ1) is 25.4. The third-order valence-electron chi connectivity index (χ3n) is 3.85. The average Bonchev–Trinajstić information content (AvgIpc) is 2.64. The van der Waals surface area contributed by atoms with Crippen molar-refractivity contribution in [2.75, 3.05) is 14.2 Å². The van der Waals surface area contributed by atoms with E-state index < -0.39 is 59.4 Å². The van der Waals surface area contributed by atoms with Crippen LogP contribution in [0.1, 0.15) is 5.56 Å². The van der Waals surface area contributed by atoms with E-state index in [0.29, 0.717) is 6.08 Å². The van der Waals surface area contributed by atoms with E-state index in [1.165, 1.54) is 24.3 Å². The van der Waals surface area contributed by atoms with E-state index in [2.05, 4.69) is 9.47 Å². The van der Waals surface area contributed by atoms with E-state index in [0.717, 1.165) is 14.2 Å². The Labute approximate surface area is 189 Å². The van der Waals surface area contributed by atoms with Crippen LogP contribution >= 0.6 is 0 Å². The van der Waals surface area contributed by atoms with Crippen molar-refractivity contribution >= 4 is 37.7 Å². The fourth-order valence-electron chi connectivity index (χ4n) is 2.74. The maximum absolute atomic E-state index is 12.5. The van der Waals surface area contributed by atoms with Gasteiger partial charge in [0.2, 0.25) is 0 Å². The Balaban J connectivity index is 0.00000420. The molecule has 2 rings (SSSR count). The summed E-state index contributed by atoms with van der Waals surface area (Å²) in [6.45, 7) is 0. The molecule has 0 bridgehead atoms. The number of rotatable bonds is 5. The van der Waals surface area contributed by atoms with Crippen molar-refractivity contribution in [3.63, 3.8) is 0 Å². The molecule has 0 fully saturated rings. The van der Waals surface area contributed by atoms with Crippen LogP contribution in [0.2, 0.25) is 0 Å². The molecule has 1 unspecified atom stereocenters. The molecule has 0 heterocycles. The zero-order valence-electron chi connectivity index (χ0n) is 15.5. The van der Waals surface area contributed by atoms with Crippen LogP contribution < -0.4 is 29.6 Å². The summed E-state index contributed by atoms with van der Waals surface area (Å²) in [7, 11) is -8.46. The summed E-state index contributed by atoms with van der Waals surface area (Å²) in [5, 5.41) is 0. The van der Waals surface area contributed by atoms with Crippen molar-refractivity contribution in [3.8, 4) is 0 Å². The zero-order valence-corrected chi connectivity index (χ0v) is 19.2. The molecule has 1 aromatic rings. The van der Waals surface area contributed by atoms with E-state index in [9.17, 15) is 35.5 Å². The maximum Gasteiger partial charge on any atom is 1.00 e. The maximum atomic E-state index is 12.5. The number of methoxy groups -OCH3 is 2. The number of carbonyl (C=O) groups excluding carboxylic acids is 2. The Morgan fingerprint density at radius 3 is 1.93 bits per heavy atom. The van der Waals surface area contributed by atoms with Crippen molar-refractivity contribution < 1.29 is 74.6 Å². The number of hydrogen-bond donors (Lipinski definition) is 2. The Kier molecular flexibility index (Phi) is 8.25. The van der Waals surface area contributed by atoms with Crippen LogP contribution in [0.25, 0.3) is 5.57 Å². The SMILES string of the molecule is COC(=O)[C-]1C(S(=O)(=O)O)=CC(S(=O)(=O)O)=C(c2ccccc2)C1C(=O)OC.[Na+]. The van der Waals surface area contributed by atoms with E-state index >= 15 is 0 Å². The van der Waals surface area contributed by atoms with E-state index in [4.69, 9.17) is 0 Å². The standard InChI is InChI=1S/C16H15O10S2.Na/c1-25-15(17)13-11(28(22,23)24)8-10(27(19,20)21)12(14(13)16(18)26-2)9-6-4-3-5-7-9;/h3-8,14H,1-2H3,(H,19,20,21)(H,22,23,24);/q-1;+1. The van der Waals surface area contributed by atoms with Gasteiger partial charge in [-0.2, -0.15) is 22.9 Å². The van der Waals surface area contributed by atoms with Crippen LogP contribution in [-0.4, -0.2) is 52.1 Å². The van der Waals surface area contributed by atoms with Crippen molar-refractivity contribution in [2.24, 2.45) is 5.92 Å². The summed E-state index contributed by atoms with van der Waals surface area (Å²) in [4.78, 5) is 22.5. The predicted octanol–water partition coefficient (Wildman–Crippen LogP) is -2.39. The van der Waals surface area contributed by atoms with Crippen LogP contribution in [0, 0.1) is 11.8 Å². The number of hydrogen-bond acceptors (Lipinski definition) is 8. The summed E-state index contributed by atoms with van der Waals surface area (Å²) in [6.07, 6.45) is 0.388. The summed E-state index contributed by atoms with van der Waals surface area (Å²) >= 11 is 0. The van der Waals surface area contributed by atoms with Gasteiger partial charge in [0.25, 0.3) is 26.2 Å². The van der Waals surface area contributed by atoms with E-state index in [1.54, 1.807) is 6.07 Å². The minimum absolute atomic E-state index is 0. The molecule has 10 nitrogen and oxygen atoms in total. The van der Waals surface area contributed by atoms with Gasteiger partial charge < -0.3 is 9.47 Å². The monoisotopic (exact) mass is 454 g/mol. The molecule has 2 N–H and O–H groups in total. The minimum Gasteiger partial charge on any atom is -0.479 e. The van der Waals surface area contributed by atoms with Gasteiger partial charge in [0.05, 0.1) is 14.2 Å². The first-order chi connectivity index (χ1) is 12.9. The van der Waals surface area contributed by atoms with E-state index in [1.807, 2.05) is 0 Å². The first-order valence-electron chi connectivity index (χ1n) is 7.43. The van der Waals surface area contributed by atoms with Gasteiger partial charge in [0, 0.05) is 10.8 Å². The van der Waals surface area contributed by atoms with Gasteiger partial charge in [-0.1, -0.05) is 41.2 Å². The largest absolute Gasteiger partial charge is 1.00 e. The Morgan fingerprint density at radius 1 is 0.966 bits per heavy atom. The topological polar surface area (TPSA) is 161 Å². The second kappa shape index (κ2) is 9.43. The third kappa shape index (κ3) is 5.28. The first-order valence-corrected chi connectivity index (χ1v) is 10.3. The van der Waals surface area contributed by atoms with Gasteiger partial charge in [-0.05, 0) is 11.1 Å². The van der Waals surface area contributed by atoms with Gasteiger partial charge in [-0.3, -0.25) is 18.7 Å². The quantitative estimate of drug-likeness (QED) is 0.213. The minimum atomic E-state index is -5.20. The molecule has 1 aromatic carbocycles. The molecule has 0 saturated carbocycles. The normalized spacial score (nSPS) is 17.2. The Morgan fingerprint density at radius 2 is 1.52 bits per heavy atom. The molecule has 0 aromatic heterocycles. The van der Waals surface area contributed by atoms with Crippen LogP contribution in [-0.2, 0) is 39.3 Å². The molecule has 0 radical (unpaired) electrons. The van der Waals surface area contributed by atoms with Crippen molar-refractivity contribution in [2.45, 2.75) is 0 Å². The zero-order chi connectivity index (χ0) is 21.3.